The number of amides is 1. The van der Waals surface area contributed by atoms with Crippen LogP contribution in [-0.2, 0) is 4.79 Å². The number of nitrogens with one attached hydrogen (secondary N) is 3. The number of aromatic amines is 1. The first-order valence-corrected chi connectivity index (χ1v) is 5.65. The fourth-order valence-electron chi connectivity index (χ4n) is 1.37. The normalized spacial score (nSPS) is 12.8. The monoisotopic (exact) mass is 224 g/mol. The van der Waals surface area contributed by atoms with Crippen molar-refractivity contribution < 1.29 is 4.79 Å². The van der Waals surface area contributed by atoms with Gasteiger partial charge < -0.3 is 15.6 Å². The number of aromatic nitrogens is 2. The molecule has 0 fully saturated rings. The number of carbonyl (C=O) groups excluding carboxylic acids is 1. The van der Waals surface area contributed by atoms with Gasteiger partial charge in [0.25, 0.3) is 0 Å². The van der Waals surface area contributed by atoms with Gasteiger partial charge in [-0.3, -0.25) is 4.79 Å². The van der Waals surface area contributed by atoms with Gasteiger partial charge in [-0.25, -0.2) is 4.98 Å². The molecule has 0 aliphatic carbocycles. The fraction of sp³-hybridized carbons (Fsp3) is 0.636. The summed E-state index contributed by atoms with van der Waals surface area (Å²) in [6.45, 7) is 6.38. The predicted octanol–water partition coefficient (Wildman–Crippen LogP) is 0.975. The van der Waals surface area contributed by atoms with Crippen molar-refractivity contribution in [1.29, 1.82) is 0 Å². The highest BCUT2D eigenvalue weighted by Crippen LogP contribution is 2.10. The van der Waals surface area contributed by atoms with Crippen LogP contribution < -0.4 is 10.6 Å². The largest absolute Gasteiger partial charge is 0.347 e. The first-order chi connectivity index (χ1) is 7.63. The summed E-state index contributed by atoms with van der Waals surface area (Å²) in [6, 6.07) is 0.283. The van der Waals surface area contributed by atoms with Crippen LogP contribution in [0.15, 0.2) is 12.4 Å². The molecule has 1 aromatic heterocycles. The van der Waals surface area contributed by atoms with E-state index >= 15 is 0 Å². The van der Waals surface area contributed by atoms with Gasteiger partial charge in [-0.1, -0.05) is 20.8 Å². The van der Waals surface area contributed by atoms with E-state index < -0.39 is 0 Å². The van der Waals surface area contributed by atoms with Crippen molar-refractivity contribution in [3.05, 3.63) is 18.2 Å². The summed E-state index contributed by atoms with van der Waals surface area (Å²) in [5.74, 6) is 0.803. The number of hydrogen-bond acceptors (Lipinski definition) is 3. The molecule has 1 heterocycles. The lowest BCUT2D eigenvalue weighted by Gasteiger charge is -2.15. The molecule has 3 N–H and O–H groups in total. The van der Waals surface area contributed by atoms with Crippen LogP contribution in [0.1, 0.15) is 39.1 Å². The number of imidazole rings is 1. The molecular weight excluding hydrogens is 204 g/mol. The van der Waals surface area contributed by atoms with Crippen LogP contribution >= 0.6 is 0 Å². The zero-order valence-corrected chi connectivity index (χ0v) is 10.1. The van der Waals surface area contributed by atoms with Gasteiger partial charge in [-0.2, -0.15) is 0 Å². The lowest BCUT2D eigenvalue weighted by molar-refractivity contribution is -0.121. The van der Waals surface area contributed by atoms with E-state index in [1.807, 2.05) is 20.8 Å². The number of hydrogen-bond donors (Lipinski definition) is 3. The van der Waals surface area contributed by atoms with Gasteiger partial charge in [0.2, 0.25) is 5.91 Å². The first-order valence-electron chi connectivity index (χ1n) is 5.65. The second-order valence-electron chi connectivity index (χ2n) is 4.04. The molecule has 0 aromatic carbocycles. The van der Waals surface area contributed by atoms with Crippen LogP contribution in [0.3, 0.4) is 0 Å². The van der Waals surface area contributed by atoms with Gasteiger partial charge in [0.05, 0.1) is 12.6 Å². The molecule has 0 aliphatic heterocycles. The van der Waals surface area contributed by atoms with E-state index in [4.69, 9.17) is 0 Å². The van der Waals surface area contributed by atoms with Crippen molar-refractivity contribution in [3.8, 4) is 0 Å². The molecule has 16 heavy (non-hydrogen) atoms. The molecule has 1 atom stereocenters. The van der Waals surface area contributed by atoms with E-state index in [1.54, 1.807) is 12.4 Å². The molecule has 1 amide bonds. The highest BCUT2D eigenvalue weighted by molar-refractivity contribution is 5.78. The predicted molar refractivity (Wildman–Crippen MR) is 62.9 cm³/mol. The number of carbonyl (C=O) groups is 1. The summed E-state index contributed by atoms with van der Waals surface area (Å²) in [7, 11) is 0. The van der Waals surface area contributed by atoms with Crippen molar-refractivity contribution in [1.82, 2.24) is 20.6 Å². The third-order valence-electron chi connectivity index (χ3n) is 2.26. The molecule has 1 aromatic rings. The Kier molecular flexibility index (Phi) is 4.98. The molecule has 0 saturated heterocycles. The second kappa shape index (κ2) is 6.27. The lowest BCUT2D eigenvalue weighted by atomic mass is 10.2. The zero-order valence-electron chi connectivity index (χ0n) is 10.1. The third kappa shape index (κ3) is 4.02. The van der Waals surface area contributed by atoms with E-state index in [-0.39, 0.29) is 11.9 Å². The molecule has 1 unspecified atom stereocenters. The summed E-state index contributed by atoms with van der Waals surface area (Å²) in [5, 5.41) is 6.01. The Bertz CT molecular complexity index is 308. The van der Waals surface area contributed by atoms with Crippen LogP contribution in [0.2, 0.25) is 0 Å². The number of nitrogens with zero attached hydrogens (tertiary/aromatic N) is 1. The van der Waals surface area contributed by atoms with Crippen LogP contribution in [-0.4, -0.2) is 28.5 Å². The Labute approximate surface area is 96.0 Å². The van der Waals surface area contributed by atoms with Crippen molar-refractivity contribution in [2.24, 2.45) is 0 Å². The highest BCUT2D eigenvalue weighted by Gasteiger charge is 2.14. The van der Waals surface area contributed by atoms with E-state index in [0.717, 1.165) is 12.2 Å². The SMILES string of the molecule is CCC(NC(=O)CNC(C)C)c1ncc[nH]1. The maximum atomic E-state index is 11.6. The Morgan fingerprint density at radius 2 is 2.31 bits per heavy atom. The minimum absolute atomic E-state index is 0.00282. The van der Waals surface area contributed by atoms with E-state index in [9.17, 15) is 4.79 Å². The van der Waals surface area contributed by atoms with Gasteiger partial charge in [-0.05, 0) is 6.42 Å². The van der Waals surface area contributed by atoms with Crippen LogP contribution in [0.4, 0.5) is 0 Å². The molecule has 0 radical (unpaired) electrons. The summed E-state index contributed by atoms with van der Waals surface area (Å²) >= 11 is 0. The minimum Gasteiger partial charge on any atom is -0.347 e. The average molecular weight is 224 g/mol. The summed E-state index contributed by atoms with van der Waals surface area (Å²) in [5.41, 5.74) is 0. The van der Waals surface area contributed by atoms with Gasteiger partial charge in [0.15, 0.2) is 0 Å². The molecule has 5 nitrogen and oxygen atoms in total. The molecule has 0 aliphatic rings. The lowest BCUT2D eigenvalue weighted by Crippen LogP contribution is -2.38. The van der Waals surface area contributed by atoms with Crippen molar-refractivity contribution >= 4 is 5.91 Å². The van der Waals surface area contributed by atoms with Crippen LogP contribution in [0.25, 0.3) is 0 Å². The molecular formula is C11H20N4O. The van der Waals surface area contributed by atoms with Crippen molar-refractivity contribution in [2.45, 2.75) is 39.3 Å². The van der Waals surface area contributed by atoms with E-state index in [2.05, 4.69) is 20.6 Å². The quantitative estimate of drug-likeness (QED) is 0.674. The molecule has 0 spiro atoms. The molecule has 1 rings (SSSR count). The Balaban J connectivity index is 2.42. The summed E-state index contributed by atoms with van der Waals surface area (Å²) in [4.78, 5) is 18.8. The minimum atomic E-state index is -0.0311. The number of rotatable bonds is 6. The van der Waals surface area contributed by atoms with E-state index in [1.165, 1.54) is 0 Å². The van der Waals surface area contributed by atoms with Gasteiger partial charge in [0, 0.05) is 18.4 Å². The summed E-state index contributed by atoms with van der Waals surface area (Å²) < 4.78 is 0. The fourth-order valence-corrected chi connectivity index (χ4v) is 1.37. The van der Waals surface area contributed by atoms with Crippen molar-refractivity contribution in [3.63, 3.8) is 0 Å². The first kappa shape index (κ1) is 12.7. The molecule has 0 bridgehead atoms. The van der Waals surface area contributed by atoms with Crippen LogP contribution in [0, 0.1) is 0 Å². The Hall–Kier alpha value is -1.36. The summed E-state index contributed by atoms with van der Waals surface area (Å²) in [6.07, 6.45) is 4.27. The average Bonchev–Trinajstić information content (AvgIpc) is 2.76. The smallest absolute Gasteiger partial charge is 0.234 e. The van der Waals surface area contributed by atoms with Crippen LogP contribution in [0.5, 0.6) is 0 Å². The maximum Gasteiger partial charge on any atom is 0.234 e. The van der Waals surface area contributed by atoms with Gasteiger partial charge in [0.1, 0.15) is 5.82 Å². The molecule has 5 heteroatoms. The molecule has 90 valence electrons. The van der Waals surface area contributed by atoms with Gasteiger partial charge >= 0.3 is 0 Å². The Morgan fingerprint density at radius 1 is 1.56 bits per heavy atom. The third-order valence-corrected chi connectivity index (χ3v) is 2.26. The van der Waals surface area contributed by atoms with Gasteiger partial charge in [-0.15, -0.1) is 0 Å². The van der Waals surface area contributed by atoms with E-state index in [0.29, 0.717) is 12.6 Å². The Morgan fingerprint density at radius 3 is 2.81 bits per heavy atom. The second-order valence-corrected chi connectivity index (χ2v) is 4.04. The zero-order chi connectivity index (χ0) is 12.0. The standard InChI is InChI=1S/C11H20N4O/c1-4-9(11-12-5-6-13-11)15-10(16)7-14-8(2)3/h5-6,8-9,14H,4,7H2,1-3H3,(H,12,13)(H,15,16). The maximum absolute atomic E-state index is 11.6. The number of H-pyrrole nitrogens is 1. The highest BCUT2D eigenvalue weighted by atomic mass is 16.2. The van der Waals surface area contributed by atoms with Crippen molar-refractivity contribution in [2.75, 3.05) is 6.54 Å². The molecule has 0 saturated carbocycles. The topological polar surface area (TPSA) is 69.8 Å².